The number of nitrogens with zero attached hydrogens (tertiary/aromatic N) is 2. The molecule has 6 nitrogen and oxygen atoms in total. The van der Waals surface area contributed by atoms with E-state index in [4.69, 9.17) is 22.2 Å². The molecule has 0 amide bonds. The summed E-state index contributed by atoms with van der Waals surface area (Å²) >= 11 is 5.79. The molecule has 0 radical (unpaired) electrons. The summed E-state index contributed by atoms with van der Waals surface area (Å²) < 4.78 is 38.1. The number of carbonyl (C=O) groups is 1. The number of hydrogen-bond donors (Lipinski definition) is 1. The number of oxime groups is 2. The van der Waals surface area contributed by atoms with Gasteiger partial charge in [0.1, 0.15) is 0 Å². The molecule has 0 aliphatic rings. The van der Waals surface area contributed by atoms with Crippen LogP contribution in [0.5, 0.6) is 0 Å². The van der Waals surface area contributed by atoms with Gasteiger partial charge in [-0.25, -0.2) is 4.79 Å². The van der Waals surface area contributed by atoms with Crippen molar-refractivity contribution >= 4 is 29.1 Å². The van der Waals surface area contributed by atoms with Gasteiger partial charge in [-0.15, -0.1) is 0 Å². The van der Waals surface area contributed by atoms with Gasteiger partial charge in [-0.2, -0.15) is 13.2 Å². The molecule has 2 aromatic rings. The van der Waals surface area contributed by atoms with E-state index >= 15 is 0 Å². The molecule has 0 atom stereocenters. The van der Waals surface area contributed by atoms with E-state index < -0.39 is 24.3 Å². The van der Waals surface area contributed by atoms with Gasteiger partial charge in [0.2, 0.25) is 6.61 Å². The molecule has 0 fully saturated rings. The van der Waals surface area contributed by atoms with E-state index in [0.717, 1.165) is 17.7 Å². The summed E-state index contributed by atoms with van der Waals surface area (Å²) in [6.45, 7) is 1.10. The number of halogens is 4. The van der Waals surface area contributed by atoms with Gasteiger partial charge in [0.15, 0.2) is 5.84 Å². The summed E-state index contributed by atoms with van der Waals surface area (Å²) in [6.07, 6.45) is -4.53. The Balaban J connectivity index is 1.91. The minimum Gasteiger partial charge on any atom is -0.383 e. The summed E-state index contributed by atoms with van der Waals surface area (Å²) in [5.41, 5.74) is 5.84. The fourth-order valence-electron chi connectivity index (χ4n) is 1.96. The molecular formula is C18H15ClF3N3O3. The third-order valence-corrected chi connectivity index (χ3v) is 3.63. The van der Waals surface area contributed by atoms with E-state index in [2.05, 4.69) is 15.1 Å². The Morgan fingerprint density at radius 1 is 1.11 bits per heavy atom. The Morgan fingerprint density at radius 3 is 2.43 bits per heavy atom. The standard InChI is InChI=1S/C18H15ClF3N3O3/c1-11(12-5-7-15(19)8-6-12)24-27-10-16(26)28-25-17(23)13-3-2-4-14(9-13)18(20,21)22/h2-9H,10H2,1H3,(H2,23,25)/b24-11+. The third kappa shape index (κ3) is 6.27. The maximum absolute atomic E-state index is 12.7. The molecule has 0 aliphatic heterocycles. The van der Waals surface area contributed by atoms with E-state index in [1.165, 1.54) is 12.1 Å². The van der Waals surface area contributed by atoms with Gasteiger partial charge in [-0.1, -0.05) is 46.2 Å². The van der Waals surface area contributed by atoms with E-state index in [0.29, 0.717) is 10.7 Å². The van der Waals surface area contributed by atoms with Crippen molar-refractivity contribution in [1.29, 1.82) is 0 Å². The minimum absolute atomic E-state index is 0.0415. The number of rotatable bonds is 6. The summed E-state index contributed by atoms with van der Waals surface area (Å²) in [6, 6.07) is 11.0. The van der Waals surface area contributed by atoms with Gasteiger partial charge in [-0.05, 0) is 36.8 Å². The number of alkyl halides is 3. The quantitative estimate of drug-likeness (QED) is 0.336. The molecule has 0 saturated heterocycles. The first-order valence-corrected chi connectivity index (χ1v) is 8.18. The predicted octanol–water partition coefficient (Wildman–Crippen LogP) is 3.96. The van der Waals surface area contributed by atoms with Crippen molar-refractivity contribution in [2.45, 2.75) is 13.1 Å². The first-order valence-electron chi connectivity index (χ1n) is 7.80. The molecular weight excluding hydrogens is 399 g/mol. The number of benzene rings is 2. The van der Waals surface area contributed by atoms with Crippen LogP contribution in [0.25, 0.3) is 0 Å². The normalized spacial score (nSPS) is 12.6. The zero-order valence-corrected chi connectivity index (χ0v) is 15.3. The van der Waals surface area contributed by atoms with Crippen LogP contribution < -0.4 is 5.73 Å². The highest BCUT2D eigenvalue weighted by molar-refractivity contribution is 6.30. The van der Waals surface area contributed by atoms with Crippen LogP contribution in [0.1, 0.15) is 23.6 Å². The van der Waals surface area contributed by atoms with Gasteiger partial charge in [-0.3, -0.25) is 0 Å². The number of amidine groups is 1. The van der Waals surface area contributed by atoms with E-state index in [1.807, 2.05) is 0 Å². The van der Waals surface area contributed by atoms with Gasteiger partial charge in [0, 0.05) is 10.6 Å². The molecule has 0 aromatic heterocycles. The molecule has 28 heavy (non-hydrogen) atoms. The van der Waals surface area contributed by atoms with Crippen LogP contribution >= 0.6 is 11.6 Å². The summed E-state index contributed by atoms with van der Waals surface area (Å²) in [5, 5.41) is 7.64. The SMILES string of the molecule is C/C(=N\OCC(=O)O/N=C(\N)c1cccc(C(F)(F)F)c1)c1ccc(Cl)cc1. The number of nitrogens with two attached hydrogens (primary N) is 1. The molecule has 0 unspecified atom stereocenters. The lowest BCUT2D eigenvalue weighted by Gasteiger charge is -2.08. The lowest BCUT2D eigenvalue weighted by molar-refractivity contribution is -0.149. The van der Waals surface area contributed by atoms with E-state index in [-0.39, 0.29) is 11.4 Å². The maximum Gasteiger partial charge on any atom is 0.416 e. The average molecular weight is 414 g/mol. The van der Waals surface area contributed by atoms with Crippen molar-refractivity contribution in [1.82, 2.24) is 0 Å². The largest absolute Gasteiger partial charge is 0.416 e. The Labute approximate surface area is 163 Å². The van der Waals surface area contributed by atoms with Gasteiger partial charge in [0.25, 0.3) is 0 Å². The lowest BCUT2D eigenvalue weighted by Crippen LogP contribution is -2.17. The van der Waals surface area contributed by atoms with Crippen LogP contribution in [-0.2, 0) is 20.6 Å². The zero-order chi connectivity index (χ0) is 20.7. The molecule has 2 aromatic carbocycles. The topological polar surface area (TPSA) is 86.3 Å². The second-order valence-corrected chi connectivity index (χ2v) is 5.91. The molecule has 0 saturated carbocycles. The number of carbonyl (C=O) groups excluding carboxylic acids is 1. The van der Waals surface area contributed by atoms with E-state index in [1.54, 1.807) is 31.2 Å². The molecule has 0 aliphatic carbocycles. The highest BCUT2D eigenvalue weighted by atomic mass is 35.5. The summed E-state index contributed by atoms with van der Waals surface area (Å²) in [7, 11) is 0. The minimum atomic E-state index is -4.53. The molecule has 0 bridgehead atoms. The Bertz CT molecular complexity index is 897. The van der Waals surface area contributed by atoms with Gasteiger partial charge >= 0.3 is 12.1 Å². The number of hydrogen-bond acceptors (Lipinski definition) is 5. The Hall–Kier alpha value is -3.07. The van der Waals surface area contributed by atoms with Crippen LogP contribution in [0, 0.1) is 0 Å². The highest BCUT2D eigenvalue weighted by Gasteiger charge is 2.30. The monoisotopic (exact) mass is 413 g/mol. The first kappa shape index (κ1) is 21.2. The fraction of sp³-hybridized carbons (Fsp3) is 0.167. The molecule has 0 heterocycles. The van der Waals surface area contributed by atoms with Crippen molar-refractivity contribution in [2.75, 3.05) is 6.61 Å². The van der Waals surface area contributed by atoms with E-state index in [9.17, 15) is 18.0 Å². The predicted molar refractivity (Wildman–Crippen MR) is 97.9 cm³/mol. The Morgan fingerprint density at radius 2 is 1.79 bits per heavy atom. The molecule has 2 rings (SSSR count). The molecule has 148 valence electrons. The van der Waals surface area contributed by atoms with Crippen molar-refractivity contribution in [3.05, 3.63) is 70.2 Å². The summed E-state index contributed by atoms with van der Waals surface area (Å²) in [4.78, 5) is 21.0. The second-order valence-electron chi connectivity index (χ2n) is 5.48. The zero-order valence-electron chi connectivity index (χ0n) is 14.5. The van der Waals surface area contributed by atoms with Crippen LogP contribution in [0.2, 0.25) is 5.02 Å². The van der Waals surface area contributed by atoms with Crippen molar-refractivity contribution in [3.8, 4) is 0 Å². The molecule has 0 spiro atoms. The Kier molecular flexibility index (Phi) is 7.00. The van der Waals surface area contributed by atoms with Crippen LogP contribution in [0.3, 0.4) is 0 Å². The van der Waals surface area contributed by atoms with Crippen LogP contribution in [0.4, 0.5) is 13.2 Å². The third-order valence-electron chi connectivity index (χ3n) is 3.38. The lowest BCUT2D eigenvalue weighted by atomic mass is 10.1. The van der Waals surface area contributed by atoms with Crippen molar-refractivity contribution < 1.29 is 27.6 Å². The van der Waals surface area contributed by atoms with Gasteiger partial charge < -0.3 is 15.4 Å². The van der Waals surface area contributed by atoms with Crippen molar-refractivity contribution in [3.63, 3.8) is 0 Å². The molecule has 2 N–H and O–H groups in total. The molecule has 10 heteroatoms. The average Bonchev–Trinajstić information content (AvgIpc) is 2.66. The maximum atomic E-state index is 12.7. The smallest absolute Gasteiger partial charge is 0.383 e. The van der Waals surface area contributed by atoms with Crippen molar-refractivity contribution in [2.24, 2.45) is 16.0 Å². The highest BCUT2D eigenvalue weighted by Crippen LogP contribution is 2.29. The van der Waals surface area contributed by atoms with Crippen LogP contribution in [0.15, 0.2) is 58.8 Å². The second kappa shape index (κ2) is 9.23. The first-order chi connectivity index (χ1) is 13.2. The van der Waals surface area contributed by atoms with Crippen LogP contribution in [-0.4, -0.2) is 24.1 Å². The summed E-state index contributed by atoms with van der Waals surface area (Å²) in [5.74, 6) is -1.32. The fourth-order valence-corrected chi connectivity index (χ4v) is 2.09. The van der Waals surface area contributed by atoms with Gasteiger partial charge in [0.05, 0.1) is 11.3 Å².